The minimum absolute atomic E-state index is 0.399. The van der Waals surface area contributed by atoms with E-state index in [2.05, 4.69) is 4.86 Å². The molecule has 0 unspecified atom stereocenters. The van der Waals surface area contributed by atoms with Crippen LogP contribution in [0, 0.1) is 55.4 Å². The summed E-state index contributed by atoms with van der Waals surface area (Å²) >= 11 is 6.06. The predicted octanol–water partition coefficient (Wildman–Crippen LogP) is 9.69. The molecular weight excluding hydrogens is 572 g/mol. The van der Waals surface area contributed by atoms with Gasteiger partial charge in [-0.3, -0.25) is 0 Å². The van der Waals surface area contributed by atoms with Gasteiger partial charge >= 0.3 is 14.4 Å². The monoisotopic (exact) mass is 609 g/mol. The minimum Gasteiger partial charge on any atom is -0.424 e. The van der Waals surface area contributed by atoms with Crippen LogP contribution < -0.4 is 23.0 Å². The average Bonchev–Trinajstić information content (AvgIpc) is 2.86. The second kappa shape index (κ2) is 12.4. The Bertz CT molecular complexity index is 1450. The first-order valence-electron chi connectivity index (χ1n) is 13.3. The molecule has 4 rings (SSSR count). The summed E-state index contributed by atoms with van der Waals surface area (Å²) in [7, 11) is -4.25. The minimum atomic E-state index is -4.25. The molecule has 6 nitrogen and oxygen atoms in total. The zero-order chi connectivity index (χ0) is 29.9. The Balaban J connectivity index is 1.81. The van der Waals surface area contributed by atoms with Crippen molar-refractivity contribution in [2.75, 3.05) is 0 Å². The second-order valence-electron chi connectivity index (χ2n) is 10.5. The Morgan fingerprint density at radius 3 is 1.02 bits per heavy atom. The summed E-state index contributed by atoms with van der Waals surface area (Å²) in [5.41, 5.74) is 7.59. The van der Waals surface area contributed by atoms with Crippen LogP contribution in [0.3, 0.4) is 0 Å². The van der Waals surface area contributed by atoms with Gasteiger partial charge < -0.3 is 18.1 Å². The van der Waals surface area contributed by atoms with Crippen molar-refractivity contribution in [2.24, 2.45) is 0 Å². The highest BCUT2D eigenvalue weighted by molar-refractivity contribution is 8.11. The van der Waals surface area contributed by atoms with Gasteiger partial charge in [0.15, 0.2) is 0 Å². The van der Waals surface area contributed by atoms with Gasteiger partial charge in [-0.15, -0.1) is 4.86 Å². The van der Waals surface area contributed by atoms with Gasteiger partial charge in [0.05, 0.1) is 0 Å². The lowest BCUT2D eigenvalue weighted by molar-refractivity contribution is 0.373. The highest BCUT2D eigenvalue weighted by Gasteiger charge is 2.40. The van der Waals surface area contributed by atoms with Crippen molar-refractivity contribution in [3.05, 3.63) is 117 Å². The Kier molecular flexibility index (Phi) is 9.35. The standard InChI is InChI=1S/C32H37NO5P2S/c1-21-9-13-29(25(5)17-21)35-39(34,36-30-14-10-22(2)18-26(30)6)33-40(41,37-31-15-11-23(3)19-27(31)7)38-32-16-12-24(4)20-28(32)8/h9-20H,1-8H3,(H,33,34,41). The van der Waals surface area contributed by atoms with Crippen molar-refractivity contribution >= 4 is 26.2 Å². The topological polar surface area (TPSA) is 66.0 Å². The normalized spacial score (nSPS) is 11.7. The van der Waals surface area contributed by atoms with E-state index in [-0.39, 0.29) is 0 Å². The Labute approximate surface area is 248 Å². The van der Waals surface area contributed by atoms with Gasteiger partial charge in [0, 0.05) is 11.8 Å². The lowest BCUT2D eigenvalue weighted by Gasteiger charge is -2.29. The molecule has 0 aliphatic heterocycles. The maximum Gasteiger partial charge on any atom is 0.522 e. The predicted molar refractivity (Wildman–Crippen MR) is 171 cm³/mol. The van der Waals surface area contributed by atoms with Crippen LogP contribution in [0.25, 0.3) is 0 Å². The zero-order valence-electron chi connectivity index (χ0n) is 24.8. The van der Waals surface area contributed by atoms with Gasteiger partial charge in [0.2, 0.25) is 0 Å². The van der Waals surface area contributed by atoms with Crippen molar-refractivity contribution in [2.45, 2.75) is 55.4 Å². The SMILES string of the molecule is Cc1ccc(OP(=O)(NP(=S)(Oc2ccc(C)cc2C)Oc2ccc(C)cc2C)Oc2ccc(C)cc2C)c(C)c1. The summed E-state index contributed by atoms with van der Waals surface area (Å²) in [6.45, 7) is 12.0. The smallest absolute Gasteiger partial charge is 0.424 e. The first kappa shape index (κ1) is 30.9. The molecule has 0 aliphatic carbocycles. The van der Waals surface area contributed by atoms with Crippen LogP contribution >= 0.6 is 14.4 Å². The van der Waals surface area contributed by atoms with E-state index in [9.17, 15) is 4.57 Å². The molecule has 0 amide bonds. The molecule has 0 aromatic heterocycles. The first-order chi connectivity index (χ1) is 19.2. The van der Waals surface area contributed by atoms with E-state index >= 15 is 0 Å². The van der Waals surface area contributed by atoms with Crippen molar-refractivity contribution in [1.29, 1.82) is 0 Å². The summed E-state index contributed by atoms with van der Waals surface area (Å²) in [6, 6.07) is 22.7. The van der Waals surface area contributed by atoms with Crippen LogP contribution in [0.5, 0.6) is 23.0 Å². The van der Waals surface area contributed by atoms with E-state index in [1.54, 1.807) is 12.1 Å². The number of hydrogen-bond acceptors (Lipinski definition) is 6. The molecule has 0 saturated carbocycles. The number of nitrogens with one attached hydrogen (secondary N) is 1. The van der Waals surface area contributed by atoms with Crippen LogP contribution in [0.1, 0.15) is 44.5 Å². The van der Waals surface area contributed by atoms with Crippen LogP contribution in [-0.4, -0.2) is 0 Å². The molecule has 0 bridgehead atoms. The fourth-order valence-corrected chi connectivity index (χ4v) is 9.56. The molecule has 1 N–H and O–H groups in total. The molecule has 0 saturated heterocycles. The summed E-state index contributed by atoms with van der Waals surface area (Å²) < 4.78 is 39.9. The highest BCUT2D eigenvalue weighted by Crippen LogP contribution is 2.58. The second-order valence-corrected chi connectivity index (χ2v) is 15.5. The molecule has 0 atom stereocenters. The molecule has 9 heteroatoms. The summed E-state index contributed by atoms with van der Waals surface area (Å²) in [6.07, 6.45) is 0. The molecule has 4 aromatic rings. The van der Waals surface area contributed by atoms with E-state index < -0.39 is 14.4 Å². The summed E-state index contributed by atoms with van der Waals surface area (Å²) in [5, 5.41) is 0. The van der Waals surface area contributed by atoms with Crippen molar-refractivity contribution in [3.63, 3.8) is 0 Å². The van der Waals surface area contributed by atoms with Gasteiger partial charge in [-0.05, 0) is 102 Å². The number of aryl methyl sites for hydroxylation is 8. The van der Waals surface area contributed by atoms with E-state index in [1.807, 2.05) is 116 Å². The highest BCUT2D eigenvalue weighted by atomic mass is 32.5. The molecular formula is C32H37NO5P2S. The van der Waals surface area contributed by atoms with Crippen LogP contribution in [0.4, 0.5) is 0 Å². The van der Waals surface area contributed by atoms with Crippen LogP contribution in [0.2, 0.25) is 0 Å². The Morgan fingerprint density at radius 2 is 0.756 bits per heavy atom. The van der Waals surface area contributed by atoms with Gasteiger partial charge in [0.25, 0.3) is 0 Å². The van der Waals surface area contributed by atoms with Crippen molar-refractivity contribution < 1.29 is 22.7 Å². The molecule has 0 aliphatic rings. The average molecular weight is 610 g/mol. The van der Waals surface area contributed by atoms with Crippen LogP contribution in [-0.2, 0) is 16.4 Å². The lowest BCUT2D eigenvalue weighted by Crippen LogP contribution is -2.22. The van der Waals surface area contributed by atoms with E-state index in [4.69, 9.17) is 29.9 Å². The summed E-state index contributed by atoms with van der Waals surface area (Å²) in [5.74, 6) is 1.83. The number of hydrogen-bond donors (Lipinski definition) is 1. The molecule has 0 heterocycles. The summed E-state index contributed by atoms with van der Waals surface area (Å²) in [4.78, 5) is 2.96. The van der Waals surface area contributed by atoms with Crippen molar-refractivity contribution in [1.82, 2.24) is 4.86 Å². The third-order valence-corrected chi connectivity index (χ3v) is 11.3. The fourth-order valence-electron chi connectivity index (χ4n) is 4.39. The fraction of sp³-hybridized carbons (Fsp3) is 0.250. The van der Waals surface area contributed by atoms with Gasteiger partial charge in [0.1, 0.15) is 23.0 Å². The van der Waals surface area contributed by atoms with Gasteiger partial charge in [-0.25, -0.2) is 4.57 Å². The van der Waals surface area contributed by atoms with Gasteiger partial charge in [-0.1, -0.05) is 70.8 Å². The molecule has 4 aromatic carbocycles. The van der Waals surface area contributed by atoms with Crippen LogP contribution in [0.15, 0.2) is 72.8 Å². The first-order valence-corrected chi connectivity index (χ1v) is 17.5. The molecule has 0 spiro atoms. The van der Waals surface area contributed by atoms with E-state index in [1.165, 1.54) is 0 Å². The largest absolute Gasteiger partial charge is 0.522 e. The number of rotatable bonds is 10. The van der Waals surface area contributed by atoms with Gasteiger partial charge in [-0.2, -0.15) is 0 Å². The molecule has 41 heavy (non-hydrogen) atoms. The Hall–Kier alpha value is -3.08. The Morgan fingerprint density at radius 1 is 0.488 bits per heavy atom. The molecule has 216 valence electrons. The van der Waals surface area contributed by atoms with Crippen molar-refractivity contribution in [3.8, 4) is 23.0 Å². The maximum atomic E-state index is 14.7. The third-order valence-electron chi connectivity index (χ3n) is 6.44. The van der Waals surface area contributed by atoms with E-state index in [0.29, 0.717) is 23.0 Å². The maximum absolute atomic E-state index is 14.7. The van der Waals surface area contributed by atoms with E-state index in [0.717, 1.165) is 44.5 Å². The lowest BCUT2D eigenvalue weighted by atomic mass is 10.1. The zero-order valence-corrected chi connectivity index (χ0v) is 27.4. The quantitative estimate of drug-likeness (QED) is 0.180. The molecule has 0 fully saturated rings. The number of benzene rings is 4. The third kappa shape index (κ3) is 8.02. The molecule has 0 radical (unpaired) electrons.